The van der Waals surface area contributed by atoms with E-state index >= 15 is 0 Å². The van der Waals surface area contributed by atoms with Gasteiger partial charge in [0.05, 0.1) is 10.2 Å². The van der Waals surface area contributed by atoms with Crippen molar-refractivity contribution >= 4 is 28.6 Å². The molecule has 1 aromatic rings. The highest BCUT2D eigenvalue weighted by molar-refractivity contribution is 14.1. The summed E-state index contributed by atoms with van der Waals surface area (Å²) in [6.45, 7) is 0.577. The third-order valence-corrected chi connectivity index (χ3v) is 2.77. The highest BCUT2D eigenvalue weighted by Crippen LogP contribution is 2.19. The number of halogens is 1. The Hall–Kier alpha value is -0.780. The zero-order chi connectivity index (χ0) is 11.1. The second kappa shape index (κ2) is 6.66. The van der Waals surface area contributed by atoms with Crippen LogP contribution in [-0.4, -0.2) is 17.7 Å². The Bertz CT molecular complexity index is 325. The van der Waals surface area contributed by atoms with Gasteiger partial charge in [0.2, 0.25) is 0 Å². The molecule has 0 bridgehead atoms. The van der Waals surface area contributed by atoms with Crippen molar-refractivity contribution in [1.29, 1.82) is 0 Å². The molecule has 0 saturated heterocycles. The lowest BCUT2D eigenvalue weighted by atomic mass is 10.2. The second-order valence-corrected chi connectivity index (χ2v) is 4.29. The minimum absolute atomic E-state index is 0.218. The van der Waals surface area contributed by atoms with Gasteiger partial charge in [-0.2, -0.15) is 0 Å². The van der Waals surface area contributed by atoms with E-state index < -0.39 is 5.97 Å². The fourth-order valence-electron chi connectivity index (χ4n) is 1.12. The van der Waals surface area contributed by atoms with Crippen LogP contribution >= 0.6 is 22.6 Å². The van der Waals surface area contributed by atoms with Crippen LogP contribution in [-0.2, 0) is 4.79 Å². The predicted octanol–water partition coefficient (Wildman–Crippen LogP) is 2.92. The van der Waals surface area contributed by atoms with Crippen molar-refractivity contribution in [2.75, 3.05) is 6.61 Å². The maximum atomic E-state index is 10.2. The Balaban J connectivity index is 2.21. The monoisotopic (exact) mass is 320 g/mol. The summed E-state index contributed by atoms with van der Waals surface area (Å²) in [5, 5.41) is 8.43. The number of para-hydroxylation sites is 1. The molecule has 0 heterocycles. The number of hydrogen-bond donors (Lipinski definition) is 1. The summed E-state index contributed by atoms with van der Waals surface area (Å²) in [5.74, 6) is 0.123. The van der Waals surface area contributed by atoms with E-state index in [4.69, 9.17) is 9.84 Å². The minimum atomic E-state index is -0.746. The lowest BCUT2D eigenvalue weighted by molar-refractivity contribution is -0.137. The molecule has 15 heavy (non-hydrogen) atoms. The Labute approximate surface area is 103 Å². The topological polar surface area (TPSA) is 46.5 Å². The third kappa shape index (κ3) is 5.01. The van der Waals surface area contributed by atoms with Crippen LogP contribution in [0.15, 0.2) is 24.3 Å². The maximum absolute atomic E-state index is 10.2. The Morgan fingerprint density at radius 3 is 2.73 bits per heavy atom. The number of benzene rings is 1. The first-order valence-electron chi connectivity index (χ1n) is 4.79. The first-order chi connectivity index (χ1) is 7.20. The van der Waals surface area contributed by atoms with Crippen molar-refractivity contribution in [2.24, 2.45) is 0 Å². The van der Waals surface area contributed by atoms with Crippen LogP contribution in [0, 0.1) is 3.57 Å². The largest absolute Gasteiger partial charge is 0.492 e. The zero-order valence-electron chi connectivity index (χ0n) is 8.28. The molecule has 0 amide bonds. The number of unbranched alkanes of at least 4 members (excludes halogenated alkanes) is 1. The average molecular weight is 320 g/mol. The van der Waals surface area contributed by atoms with E-state index in [-0.39, 0.29) is 6.42 Å². The number of aliphatic carboxylic acids is 1. The normalized spacial score (nSPS) is 9.93. The van der Waals surface area contributed by atoms with E-state index in [1.54, 1.807) is 0 Å². The summed E-state index contributed by atoms with van der Waals surface area (Å²) in [6, 6.07) is 7.78. The maximum Gasteiger partial charge on any atom is 0.303 e. The molecule has 82 valence electrons. The fourth-order valence-corrected chi connectivity index (χ4v) is 1.67. The van der Waals surface area contributed by atoms with Crippen molar-refractivity contribution in [3.05, 3.63) is 27.8 Å². The number of hydrogen-bond acceptors (Lipinski definition) is 2. The second-order valence-electron chi connectivity index (χ2n) is 3.13. The Kier molecular flexibility index (Phi) is 5.45. The van der Waals surface area contributed by atoms with Gasteiger partial charge < -0.3 is 9.84 Å². The molecule has 0 aliphatic carbocycles. The van der Waals surface area contributed by atoms with Crippen LogP contribution in [0.2, 0.25) is 0 Å². The molecule has 0 radical (unpaired) electrons. The van der Waals surface area contributed by atoms with E-state index in [1.165, 1.54) is 0 Å². The van der Waals surface area contributed by atoms with Crippen LogP contribution in [0.3, 0.4) is 0 Å². The molecule has 0 aliphatic rings. The first-order valence-corrected chi connectivity index (χ1v) is 5.87. The predicted molar refractivity (Wildman–Crippen MR) is 66.1 cm³/mol. The Morgan fingerprint density at radius 1 is 1.33 bits per heavy atom. The average Bonchev–Trinajstić information content (AvgIpc) is 2.20. The van der Waals surface area contributed by atoms with Gasteiger partial charge in [-0.1, -0.05) is 12.1 Å². The molecule has 0 spiro atoms. The molecule has 4 heteroatoms. The molecule has 0 aromatic heterocycles. The number of rotatable bonds is 6. The first kappa shape index (κ1) is 12.3. The molecule has 1 N–H and O–H groups in total. The van der Waals surface area contributed by atoms with Crippen molar-refractivity contribution < 1.29 is 14.6 Å². The summed E-state index contributed by atoms with van der Waals surface area (Å²) < 4.78 is 6.60. The minimum Gasteiger partial charge on any atom is -0.492 e. The van der Waals surface area contributed by atoms with Gasteiger partial charge in [0, 0.05) is 6.42 Å². The van der Waals surface area contributed by atoms with Crippen LogP contribution < -0.4 is 4.74 Å². The zero-order valence-corrected chi connectivity index (χ0v) is 10.4. The van der Waals surface area contributed by atoms with Gasteiger partial charge in [0.1, 0.15) is 5.75 Å². The van der Waals surface area contributed by atoms with E-state index in [1.807, 2.05) is 24.3 Å². The molecule has 3 nitrogen and oxygen atoms in total. The van der Waals surface area contributed by atoms with Gasteiger partial charge in [-0.15, -0.1) is 0 Å². The lowest BCUT2D eigenvalue weighted by Crippen LogP contribution is -2.01. The third-order valence-electron chi connectivity index (χ3n) is 1.88. The fraction of sp³-hybridized carbons (Fsp3) is 0.364. The summed E-state index contributed by atoms with van der Waals surface area (Å²) in [5.41, 5.74) is 0. The van der Waals surface area contributed by atoms with Gasteiger partial charge in [-0.05, 0) is 47.6 Å². The van der Waals surface area contributed by atoms with Gasteiger partial charge in [-0.3, -0.25) is 4.79 Å². The molecule has 1 rings (SSSR count). The number of carboxylic acid groups (broad SMARTS) is 1. The van der Waals surface area contributed by atoms with Gasteiger partial charge in [0.15, 0.2) is 0 Å². The summed E-state index contributed by atoms with van der Waals surface area (Å²) in [4.78, 5) is 10.2. The molecular weight excluding hydrogens is 307 g/mol. The van der Waals surface area contributed by atoms with Crippen molar-refractivity contribution in [3.63, 3.8) is 0 Å². The molecular formula is C11H13IO3. The van der Waals surface area contributed by atoms with Crippen molar-refractivity contribution in [1.82, 2.24) is 0 Å². The number of carbonyl (C=O) groups is 1. The summed E-state index contributed by atoms with van der Waals surface area (Å²) in [6.07, 6.45) is 1.66. The van der Waals surface area contributed by atoms with Gasteiger partial charge in [-0.25, -0.2) is 0 Å². The van der Waals surface area contributed by atoms with Crippen LogP contribution in [0.1, 0.15) is 19.3 Å². The highest BCUT2D eigenvalue weighted by atomic mass is 127. The molecule has 0 fully saturated rings. The number of ether oxygens (including phenoxy) is 1. The van der Waals surface area contributed by atoms with Crippen molar-refractivity contribution in [2.45, 2.75) is 19.3 Å². The van der Waals surface area contributed by atoms with E-state index in [0.29, 0.717) is 13.0 Å². The lowest BCUT2D eigenvalue weighted by Gasteiger charge is -2.06. The van der Waals surface area contributed by atoms with Crippen LogP contribution in [0.5, 0.6) is 5.75 Å². The van der Waals surface area contributed by atoms with E-state index in [0.717, 1.165) is 15.7 Å². The van der Waals surface area contributed by atoms with Gasteiger partial charge >= 0.3 is 5.97 Å². The molecule has 0 unspecified atom stereocenters. The summed E-state index contributed by atoms with van der Waals surface area (Å²) in [7, 11) is 0. The molecule has 1 aromatic carbocycles. The van der Waals surface area contributed by atoms with Crippen LogP contribution in [0.25, 0.3) is 0 Å². The van der Waals surface area contributed by atoms with E-state index in [9.17, 15) is 4.79 Å². The Morgan fingerprint density at radius 2 is 2.07 bits per heavy atom. The smallest absolute Gasteiger partial charge is 0.303 e. The molecule has 0 atom stereocenters. The van der Waals surface area contributed by atoms with E-state index in [2.05, 4.69) is 22.6 Å². The molecule has 0 aliphatic heterocycles. The quantitative estimate of drug-likeness (QED) is 0.647. The highest BCUT2D eigenvalue weighted by Gasteiger charge is 1.99. The summed E-state index contributed by atoms with van der Waals surface area (Å²) >= 11 is 2.21. The standard InChI is InChI=1S/C11H13IO3/c12-9-5-1-2-6-10(9)15-8-4-3-7-11(13)14/h1-2,5-6H,3-4,7-8H2,(H,13,14). The van der Waals surface area contributed by atoms with Crippen LogP contribution in [0.4, 0.5) is 0 Å². The molecule has 0 saturated carbocycles. The SMILES string of the molecule is O=C(O)CCCCOc1ccccc1I. The van der Waals surface area contributed by atoms with Crippen molar-refractivity contribution in [3.8, 4) is 5.75 Å². The number of carboxylic acids is 1. The van der Waals surface area contributed by atoms with Gasteiger partial charge in [0.25, 0.3) is 0 Å².